The molecule has 0 aliphatic carbocycles. The number of carbonyl (C=O) groups excluding carboxylic acids is 1. The maximum atomic E-state index is 12.4. The van der Waals surface area contributed by atoms with Crippen LogP contribution in [0.2, 0.25) is 5.02 Å². The van der Waals surface area contributed by atoms with Crippen molar-refractivity contribution in [3.8, 4) is 0 Å². The molecule has 0 bridgehead atoms. The lowest BCUT2D eigenvalue weighted by Crippen LogP contribution is -2.50. The second kappa shape index (κ2) is 11.3. The number of amides is 2. The number of nitrogens with two attached hydrogens (primary N) is 1. The molecule has 0 saturated carbocycles. The molecule has 39 heavy (non-hydrogen) atoms. The smallest absolute Gasteiger partial charge is 0.333 e. The van der Waals surface area contributed by atoms with Gasteiger partial charge in [-0.05, 0) is 31.9 Å². The van der Waals surface area contributed by atoms with Crippen molar-refractivity contribution in [1.29, 1.82) is 0 Å². The Morgan fingerprint density at radius 2 is 1.90 bits per heavy atom. The number of piperidine rings is 1. The highest BCUT2D eigenvalue weighted by molar-refractivity contribution is 7.99. The van der Waals surface area contributed by atoms with Gasteiger partial charge >= 0.3 is 6.03 Å². The standard InChI is InChI=1S/C25H28ClN7O4S2/c1-16-23(27)25(15-37-16)7-9-33(10-8-25)20-13-30-21(14-29-20)38-19-12-28-11-18(22(19)26)31-24(34)32-39(35,36)17-5-3-2-4-6-17/h2-6,11-14,16,23H,7-10,15,27H2,1H3,(H2,31,32,34)/t16-,23+/m0/s1. The minimum absolute atomic E-state index is 0.0323. The lowest BCUT2D eigenvalue weighted by atomic mass is 9.73. The van der Waals surface area contributed by atoms with Crippen LogP contribution >= 0.6 is 23.4 Å². The summed E-state index contributed by atoms with van der Waals surface area (Å²) in [7, 11) is -4.04. The SMILES string of the molecule is C[C@@H]1OCC2(CCN(c3cnc(Sc4cncc(NC(=O)NS(=O)(=O)c5ccccc5)c4Cl)cn3)CC2)[C@@H]1N. The number of benzene rings is 1. The van der Waals surface area contributed by atoms with E-state index in [1.165, 1.54) is 36.3 Å². The summed E-state index contributed by atoms with van der Waals surface area (Å²) in [5, 5.41) is 3.22. The van der Waals surface area contributed by atoms with Crippen molar-refractivity contribution >= 4 is 50.9 Å². The fraction of sp³-hybridized carbons (Fsp3) is 0.360. The van der Waals surface area contributed by atoms with Gasteiger partial charge in [0.1, 0.15) is 10.8 Å². The average Bonchev–Trinajstić information content (AvgIpc) is 3.20. The molecular weight excluding hydrogens is 562 g/mol. The van der Waals surface area contributed by atoms with E-state index >= 15 is 0 Å². The summed E-state index contributed by atoms with van der Waals surface area (Å²) in [5.74, 6) is 0.783. The van der Waals surface area contributed by atoms with Crippen LogP contribution in [0.5, 0.6) is 0 Å². The highest BCUT2D eigenvalue weighted by Crippen LogP contribution is 2.42. The molecule has 0 radical (unpaired) electrons. The van der Waals surface area contributed by atoms with E-state index in [0.29, 0.717) is 16.5 Å². The molecule has 4 N–H and O–H groups in total. The Labute approximate surface area is 236 Å². The highest BCUT2D eigenvalue weighted by atomic mass is 35.5. The van der Waals surface area contributed by atoms with Crippen molar-refractivity contribution < 1.29 is 17.9 Å². The predicted octanol–water partition coefficient (Wildman–Crippen LogP) is 3.52. The van der Waals surface area contributed by atoms with Crippen LogP contribution in [-0.4, -0.2) is 61.2 Å². The lowest BCUT2D eigenvalue weighted by molar-refractivity contribution is 0.0974. The zero-order valence-corrected chi connectivity index (χ0v) is 23.5. The summed E-state index contributed by atoms with van der Waals surface area (Å²) >= 11 is 7.72. The van der Waals surface area contributed by atoms with Crippen LogP contribution in [0.3, 0.4) is 0 Å². The normalized spacial score (nSPS) is 20.6. The first kappa shape index (κ1) is 27.6. The number of nitrogens with zero attached hydrogens (tertiary/aromatic N) is 4. The van der Waals surface area contributed by atoms with Gasteiger partial charge in [-0.3, -0.25) is 4.98 Å². The van der Waals surface area contributed by atoms with Crippen LogP contribution < -0.4 is 20.7 Å². The van der Waals surface area contributed by atoms with Crippen LogP contribution in [0.4, 0.5) is 16.3 Å². The van der Waals surface area contributed by atoms with Crippen molar-refractivity contribution in [3.05, 3.63) is 60.1 Å². The van der Waals surface area contributed by atoms with Gasteiger partial charge in [0.2, 0.25) is 0 Å². The molecule has 2 aliphatic rings. The zero-order valence-electron chi connectivity index (χ0n) is 21.1. The third kappa shape index (κ3) is 5.97. The summed E-state index contributed by atoms with van der Waals surface area (Å²) in [4.78, 5) is 28.3. The number of hydrogen-bond acceptors (Lipinski definition) is 10. The third-order valence-electron chi connectivity index (χ3n) is 7.14. The lowest BCUT2D eigenvalue weighted by Gasteiger charge is -2.41. The van der Waals surface area contributed by atoms with Gasteiger partial charge in [0.15, 0.2) is 0 Å². The Morgan fingerprint density at radius 1 is 1.15 bits per heavy atom. The first-order valence-corrected chi connectivity index (χ1v) is 15.0. The van der Waals surface area contributed by atoms with Crippen molar-refractivity contribution in [2.24, 2.45) is 11.1 Å². The maximum Gasteiger partial charge on any atom is 0.333 e. The van der Waals surface area contributed by atoms with Gasteiger partial charge < -0.3 is 20.7 Å². The Balaban J connectivity index is 1.20. The molecule has 2 fully saturated rings. The summed E-state index contributed by atoms with van der Waals surface area (Å²) < 4.78 is 32.6. The summed E-state index contributed by atoms with van der Waals surface area (Å²) in [5.41, 5.74) is 6.61. The van der Waals surface area contributed by atoms with Gasteiger partial charge in [0, 0.05) is 30.7 Å². The van der Waals surface area contributed by atoms with E-state index in [2.05, 4.69) is 25.2 Å². The predicted molar refractivity (Wildman–Crippen MR) is 148 cm³/mol. The molecule has 0 unspecified atom stereocenters. The second-order valence-electron chi connectivity index (χ2n) is 9.58. The van der Waals surface area contributed by atoms with E-state index in [4.69, 9.17) is 22.1 Å². The maximum absolute atomic E-state index is 12.4. The van der Waals surface area contributed by atoms with Gasteiger partial charge in [-0.25, -0.2) is 27.9 Å². The summed E-state index contributed by atoms with van der Waals surface area (Å²) in [6, 6.07) is 6.66. The van der Waals surface area contributed by atoms with Gasteiger partial charge in [0.25, 0.3) is 10.0 Å². The molecule has 2 saturated heterocycles. The molecule has 3 aromatic rings. The molecule has 206 valence electrons. The number of anilines is 2. The highest BCUT2D eigenvalue weighted by Gasteiger charge is 2.47. The van der Waals surface area contributed by atoms with Gasteiger partial charge in [0.05, 0.1) is 51.8 Å². The molecule has 2 aromatic heterocycles. The summed E-state index contributed by atoms with van der Waals surface area (Å²) in [6.45, 7) is 4.40. The van der Waals surface area contributed by atoms with E-state index in [0.717, 1.165) is 31.7 Å². The number of sulfonamides is 1. The molecule has 5 rings (SSSR count). The Hall–Kier alpha value is -2.97. The van der Waals surface area contributed by atoms with Crippen molar-refractivity contribution in [2.45, 2.75) is 46.7 Å². The number of halogens is 1. The number of urea groups is 1. The van der Waals surface area contributed by atoms with E-state index in [-0.39, 0.29) is 33.2 Å². The number of ether oxygens (including phenoxy) is 1. The molecule has 4 heterocycles. The Kier molecular flexibility index (Phi) is 7.96. The van der Waals surface area contributed by atoms with E-state index in [1.54, 1.807) is 30.6 Å². The Bertz CT molecular complexity index is 1440. The number of nitrogens with one attached hydrogen (secondary N) is 2. The third-order valence-corrected chi connectivity index (χ3v) is 9.95. The number of rotatable bonds is 6. The number of carbonyl (C=O) groups is 1. The van der Waals surface area contributed by atoms with E-state index in [1.807, 2.05) is 11.6 Å². The van der Waals surface area contributed by atoms with Crippen LogP contribution in [0.1, 0.15) is 19.8 Å². The van der Waals surface area contributed by atoms with Crippen LogP contribution in [0.25, 0.3) is 0 Å². The molecule has 1 aromatic carbocycles. The topological polar surface area (TPSA) is 152 Å². The molecule has 11 nitrogen and oxygen atoms in total. The first-order chi connectivity index (χ1) is 18.7. The zero-order chi connectivity index (χ0) is 27.6. The fourth-order valence-corrected chi connectivity index (χ4v) is 6.74. The number of aromatic nitrogens is 3. The average molecular weight is 590 g/mol. The molecule has 14 heteroatoms. The molecular formula is C25H28ClN7O4S2. The van der Waals surface area contributed by atoms with E-state index in [9.17, 15) is 13.2 Å². The quantitative estimate of drug-likeness (QED) is 0.389. The summed E-state index contributed by atoms with van der Waals surface area (Å²) in [6.07, 6.45) is 8.21. The van der Waals surface area contributed by atoms with Gasteiger partial charge in [-0.1, -0.05) is 41.6 Å². The number of pyridine rings is 1. The minimum Gasteiger partial charge on any atom is -0.376 e. The molecule has 2 amide bonds. The molecule has 2 aliphatic heterocycles. The number of hydrogen-bond donors (Lipinski definition) is 3. The van der Waals surface area contributed by atoms with Gasteiger partial charge in [-0.15, -0.1) is 0 Å². The minimum atomic E-state index is -4.04. The van der Waals surface area contributed by atoms with Crippen molar-refractivity contribution in [3.63, 3.8) is 0 Å². The Morgan fingerprint density at radius 3 is 2.54 bits per heavy atom. The fourth-order valence-electron chi connectivity index (χ4n) is 4.80. The molecule has 1 spiro atoms. The van der Waals surface area contributed by atoms with Crippen molar-refractivity contribution in [2.75, 3.05) is 29.9 Å². The van der Waals surface area contributed by atoms with Crippen LogP contribution in [-0.2, 0) is 14.8 Å². The monoisotopic (exact) mass is 589 g/mol. The van der Waals surface area contributed by atoms with Gasteiger partial charge in [-0.2, -0.15) is 0 Å². The van der Waals surface area contributed by atoms with Crippen molar-refractivity contribution in [1.82, 2.24) is 19.7 Å². The van der Waals surface area contributed by atoms with Crippen LogP contribution in [0, 0.1) is 5.41 Å². The largest absolute Gasteiger partial charge is 0.376 e. The van der Waals surface area contributed by atoms with Crippen LogP contribution in [0.15, 0.2) is 69.9 Å². The molecule has 2 atom stereocenters. The first-order valence-electron chi connectivity index (χ1n) is 12.3. The van der Waals surface area contributed by atoms with E-state index < -0.39 is 16.1 Å². The second-order valence-corrected chi connectivity index (χ2v) is 12.7.